The summed E-state index contributed by atoms with van der Waals surface area (Å²) < 4.78 is 5.45. The van der Waals surface area contributed by atoms with Crippen LogP contribution in [0, 0.1) is 13.8 Å². The van der Waals surface area contributed by atoms with E-state index in [1.807, 2.05) is 44.2 Å². The molecule has 0 aliphatic heterocycles. The van der Waals surface area contributed by atoms with Crippen molar-refractivity contribution in [3.63, 3.8) is 0 Å². The Bertz CT molecular complexity index is 622. The summed E-state index contributed by atoms with van der Waals surface area (Å²) in [6, 6.07) is 9.40. The van der Waals surface area contributed by atoms with Gasteiger partial charge in [0.1, 0.15) is 12.4 Å². The van der Waals surface area contributed by atoms with Gasteiger partial charge < -0.3 is 15.2 Å². The number of carbonyl (C=O) groups is 1. The Morgan fingerprint density at radius 3 is 2.76 bits per heavy atom. The first-order valence-corrected chi connectivity index (χ1v) is 7.60. The smallest absolute Gasteiger partial charge is 0.252 e. The van der Waals surface area contributed by atoms with Crippen molar-refractivity contribution < 1.29 is 14.6 Å². The van der Waals surface area contributed by atoms with Crippen LogP contribution in [0.2, 0.25) is 0 Å². The highest BCUT2D eigenvalue weighted by atomic mass is 32.1. The molecule has 0 fully saturated rings. The molecule has 0 radical (unpaired) electrons. The largest absolute Gasteiger partial charge is 0.491 e. The highest BCUT2D eigenvalue weighted by Gasteiger charge is 2.12. The van der Waals surface area contributed by atoms with Crippen molar-refractivity contribution in [1.82, 2.24) is 5.32 Å². The lowest BCUT2D eigenvalue weighted by Gasteiger charge is -2.11. The third-order valence-corrected chi connectivity index (χ3v) is 4.01. The van der Waals surface area contributed by atoms with E-state index < -0.39 is 0 Å². The molecule has 21 heavy (non-hydrogen) atoms. The van der Waals surface area contributed by atoms with Crippen LogP contribution in [-0.4, -0.2) is 24.2 Å². The number of benzene rings is 1. The molecular formula is C16H19NO3S. The minimum Gasteiger partial charge on any atom is -0.491 e. The lowest BCUT2D eigenvalue weighted by Crippen LogP contribution is -2.23. The van der Waals surface area contributed by atoms with Crippen LogP contribution < -0.4 is 10.1 Å². The van der Waals surface area contributed by atoms with Gasteiger partial charge in [-0.2, -0.15) is 0 Å². The molecule has 2 N–H and O–H groups in total. The molecule has 0 saturated heterocycles. The molecule has 1 heterocycles. The maximum Gasteiger partial charge on any atom is 0.252 e. The quantitative estimate of drug-likeness (QED) is 0.862. The van der Waals surface area contributed by atoms with E-state index in [2.05, 4.69) is 5.32 Å². The van der Waals surface area contributed by atoms with Crippen molar-refractivity contribution in [2.45, 2.75) is 20.4 Å². The molecule has 1 aromatic carbocycles. The molecule has 2 rings (SSSR count). The van der Waals surface area contributed by atoms with Crippen LogP contribution in [0.5, 0.6) is 5.75 Å². The molecule has 0 spiro atoms. The molecule has 0 bridgehead atoms. The molecule has 0 aliphatic rings. The number of amides is 1. The summed E-state index contributed by atoms with van der Waals surface area (Å²) in [5.41, 5.74) is 1.62. The molecule has 1 amide bonds. The first-order chi connectivity index (χ1) is 10.1. The molecule has 0 atom stereocenters. The topological polar surface area (TPSA) is 58.6 Å². The van der Waals surface area contributed by atoms with E-state index in [9.17, 15) is 4.79 Å². The second kappa shape index (κ2) is 7.24. The third kappa shape index (κ3) is 4.06. The minimum atomic E-state index is -0.0752. The molecule has 5 heteroatoms. The minimum absolute atomic E-state index is 0.0337. The van der Waals surface area contributed by atoms with Crippen LogP contribution in [0.3, 0.4) is 0 Å². The van der Waals surface area contributed by atoms with Gasteiger partial charge in [0.2, 0.25) is 0 Å². The van der Waals surface area contributed by atoms with E-state index in [0.29, 0.717) is 12.3 Å². The molecule has 0 unspecified atom stereocenters. The van der Waals surface area contributed by atoms with Crippen LogP contribution in [-0.2, 0) is 6.54 Å². The molecule has 1 aromatic heterocycles. The first-order valence-electron chi connectivity index (χ1n) is 6.78. The van der Waals surface area contributed by atoms with Gasteiger partial charge >= 0.3 is 0 Å². The number of nitrogens with one attached hydrogen (secondary N) is 1. The van der Waals surface area contributed by atoms with Gasteiger partial charge in [0, 0.05) is 21.9 Å². The van der Waals surface area contributed by atoms with Gasteiger partial charge in [-0.3, -0.25) is 4.79 Å². The average molecular weight is 305 g/mol. The number of aliphatic hydroxyl groups excluding tert-OH is 1. The van der Waals surface area contributed by atoms with Gasteiger partial charge in [-0.25, -0.2) is 0 Å². The molecular weight excluding hydrogens is 286 g/mol. The average Bonchev–Trinajstić information content (AvgIpc) is 2.82. The Morgan fingerprint density at radius 2 is 2.10 bits per heavy atom. The molecule has 0 aliphatic carbocycles. The zero-order valence-electron chi connectivity index (χ0n) is 12.2. The fourth-order valence-corrected chi connectivity index (χ4v) is 2.99. The lowest BCUT2D eigenvalue weighted by atomic mass is 10.2. The van der Waals surface area contributed by atoms with E-state index in [0.717, 1.165) is 20.9 Å². The van der Waals surface area contributed by atoms with Crippen molar-refractivity contribution in [3.8, 4) is 5.75 Å². The maximum absolute atomic E-state index is 12.2. The van der Waals surface area contributed by atoms with E-state index >= 15 is 0 Å². The Kier molecular flexibility index (Phi) is 5.36. The van der Waals surface area contributed by atoms with E-state index in [4.69, 9.17) is 9.84 Å². The molecule has 4 nitrogen and oxygen atoms in total. The lowest BCUT2D eigenvalue weighted by molar-refractivity contribution is 0.0950. The summed E-state index contributed by atoms with van der Waals surface area (Å²) in [7, 11) is 0. The van der Waals surface area contributed by atoms with Gasteiger partial charge in [0.05, 0.1) is 12.2 Å². The number of carbonyl (C=O) groups excluding carboxylic acids is 1. The number of para-hydroxylation sites is 1. The van der Waals surface area contributed by atoms with Crippen molar-refractivity contribution >= 4 is 17.2 Å². The number of ether oxygens (including phenoxy) is 1. The predicted octanol–water partition coefficient (Wildman–Crippen LogP) is 2.67. The van der Waals surface area contributed by atoms with E-state index in [1.54, 1.807) is 11.3 Å². The van der Waals surface area contributed by atoms with Crippen LogP contribution in [0.25, 0.3) is 0 Å². The number of aliphatic hydroxyl groups is 1. The van der Waals surface area contributed by atoms with Crippen molar-refractivity contribution in [2.75, 3.05) is 13.2 Å². The summed E-state index contributed by atoms with van der Waals surface area (Å²) in [5.74, 6) is 0.610. The normalized spacial score (nSPS) is 10.4. The summed E-state index contributed by atoms with van der Waals surface area (Å²) >= 11 is 1.62. The summed E-state index contributed by atoms with van der Waals surface area (Å²) in [4.78, 5) is 14.3. The number of thiophene rings is 1. The summed E-state index contributed by atoms with van der Waals surface area (Å²) in [6.07, 6.45) is 0. The van der Waals surface area contributed by atoms with Crippen molar-refractivity contribution in [2.24, 2.45) is 0 Å². The van der Waals surface area contributed by atoms with Gasteiger partial charge in [-0.05, 0) is 26.0 Å². The number of hydrogen-bond acceptors (Lipinski definition) is 4. The van der Waals surface area contributed by atoms with Gasteiger partial charge in [-0.15, -0.1) is 11.3 Å². The molecule has 0 saturated carbocycles. The first kappa shape index (κ1) is 15.5. The van der Waals surface area contributed by atoms with Crippen molar-refractivity contribution in [1.29, 1.82) is 0 Å². The Labute approximate surface area is 128 Å². The van der Waals surface area contributed by atoms with Crippen molar-refractivity contribution in [3.05, 3.63) is 51.2 Å². The van der Waals surface area contributed by atoms with E-state index in [-0.39, 0.29) is 19.1 Å². The van der Waals surface area contributed by atoms with Gasteiger partial charge in [0.15, 0.2) is 0 Å². The SMILES string of the molecule is Cc1cc(C(=O)NCc2ccccc2OCCO)c(C)s1. The predicted molar refractivity (Wildman–Crippen MR) is 84.0 cm³/mol. The second-order valence-corrected chi connectivity index (χ2v) is 6.15. The zero-order valence-corrected chi connectivity index (χ0v) is 13.0. The van der Waals surface area contributed by atoms with Gasteiger partial charge in [-0.1, -0.05) is 18.2 Å². The van der Waals surface area contributed by atoms with Gasteiger partial charge in [0.25, 0.3) is 5.91 Å². The number of aryl methyl sites for hydroxylation is 2. The highest BCUT2D eigenvalue weighted by Crippen LogP contribution is 2.21. The van der Waals surface area contributed by atoms with Crippen LogP contribution in [0.1, 0.15) is 25.7 Å². The zero-order chi connectivity index (χ0) is 15.2. The summed E-state index contributed by atoms with van der Waals surface area (Å²) in [5, 5.41) is 11.7. The maximum atomic E-state index is 12.2. The van der Waals surface area contributed by atoms with Crippen LogP contribution in [0.15, 0.2) is 30.3 Å². The molecule has 112 valence electrons. The Hall–Kier alpha value is -1.85. The fourth-order valence-electron chi connectivity index (χ4n) is 2.07. The monoisotopic (exact) mass is 305 g/mol. The number of rotatable bonds is 6. The number of hydrogen-bond donors (Lipinski definition) is 2. The second-order valence-electron chi connectivity index (χ2n) is 4.69. The standard InChI is InChI=1S/C16H19NO3S/c1-11-9-14(12(2)21-11)16(19)17-10-13-5-3-4-6-15(13)20-8-7-18/h3-6,9,18H,7-8,10H2,1-2H3,(H,17,19). The third-order valence-electron chi connectivity index (χ3n) is 3.05. The molecule has 2 aromatic rings. The van der Waals surface area contributed by atoms with E-state index in [1.165, 1.54) is 0 Å². The van der Waals surface area contributed by atoms with Crippen LogP contribution >= 0.6 is 11.3 Å². The Morgan fingerprint density at radius 1 is 1.33 bits per heavy atom. The summed E-state index contributed by atoms with van der Waals surface area (Å²) in [6.45, 7) is 4.55. The fraction of sp³-hybridized carbons (Fsp3) is 0.312. The Balaban J connectivity index is 2.03. The van der Waals surface area contributed by atoms with Crippen LogP contribution in [0.4, 0.5) is 0 Å². The highest BCUT2D eigenvalue weighted by molar-refractivity contribution is 7.12.